The zero-order chi connectivity index (χ0) is 35.3. The first-order chi connectivity index (χ1) is 24.2. The van der Waals surface area contributed by atoms with Gasteiger partial charge >= 0.3 is 0 Å². The van der Waals surface area contributed by atoms with Crippen LogP contribution in [-0.2, 0) is 32.6 Å². The molecule has 1 atom stereocenters. The Morgan fingerprint density at radius 3 is 2.22 bits per heavy atom. The molecule has 9 nitrogen and oxygen atoms in total. The standard InChI is InChI=1S/C39H42FN3O6S/c1-48-34-18-12-31(13-19-34)27-43(37(26-30-10-6-3-7-11-30)39(45)41-25-24-29-8-4-2-5-9-29)38(44)28-49-35-20-22-36(23-21-35)50(46,47)42-33-16-14-32(40)15-17-33/h3,6-8,10-23,37,42H,2,4-5,9,24-28H2,1H3,(H,41,45)/t37-/m0/s1. The normalized spacial score (nSPS) is 13.4. The second-order valence-electron chi connectivity index (χ2n) is 12.1. The number of nitrogens with one attached hydrogen (secondary N) is 2. The van der Waals surface area contributed by atoms with E-state index < -0.39 is 27.8 Å². The molecular weight excluding hydrogens is 658 g/mol. The second kappa shape index (κ2) is 17.5. The highest BCUT2D eigenvalue weighted by molar-refractivity contribution is 7.92. The summed E-state index contributed by atoms with van der Waals surface area (Å²) >= 11 is 0. The molecule has 0 saturated carbocycles. The van der Waals surface area contributed by atoms with E-state index in [1.165, 1.54) is 53.3 Å². The number of amides is 2. The fourth-order valence-electron chi connectivity index (χ4n) is 5.75. The first-order valence-electron chi connectivity index (χ1n) is 16.6. The van der Waals surface area contributed by atoms with Crippen molar-refractivity contribution in [1.29, 1.82) is 0 Å². The van der Waals surface area contributed by atoms with Crippen LogP contribution in [0.25, 0.3) is 0 Å². The van der Waals surface area contributed by atoms with Crippen molar-refractivity contribution in [2.75, 3.05) is 25.0 Å². The van der Waals surface area contributed by atoms with Crippen LogP contribution in [0.4, 0.5) is 10.1 Å². The molecule has 0 unspecified atom stereocenters. The molecule has 0 bridgehead atoms. The summed E-state index contributed by atoms with van der Waals surface area (Å²) in [5.41, 5.74) is 3.28. The molecule has 262 valence electrons. The van der Waals surface area contributed by atoms with Crippen molar-refractivity contribution in [3.05, 3.63) is 132 Å². The lowest BCUT2D eigenvalue weighted by molar-refractivity contribution is -0.142. The molecule has 2 N–H and O–H groups in total. The number of benzene rings is 4. The summed E-state index contributed by atoms with van der Waals surface area (Å²) < 4.78 is 52.6. The number of methoxy groups -OCH3 is 1. The van der Waals surface area contributed by atoms with Gasteiger partial charge in [0.25, 0.3) is 15.9 Å². The number of carbonyl (C=O) groups excluding carboxylic acids is 2. The largest absolute Gasteiger partial charge is 0.497 e. The Kier molecular flexibility index (Phi) is 12.6. The number of nitrogens with zero attached hydrogens (tertiary/aromatic N) is 1. The number of ether oxygens (including phenoxy) is 2. The van der Waals surface area contributed by atoms with Crippen molar-refractivity contribution in [3.8, 4) is 11.5 Å². The van der Waals surface area contributed by atoms with Gasteiger partial charge in [-0.05, 0) is 104 Å². The Hall–Kier alpha value is -5.16. The molecule has 50 heavy (non-hydrogen) atoms. The molecule has 11 heteroatoms. The van der Waals surface area contributed by atoms with E-state index in [-0.39, 0.29) is 35.4 Å². The molecule has 0 saturated heterocycles. The number of allylic oxidation sites excluding steroid dienone is 1. The number of carbonyl (C=O) groups is 2. The maximum atomic E-state index is 14.0. The number of hydrogen-bond acceptors (Lipinski definition) is 6. The van der Waals surface area contributed by atoms with Crippen LogP contribution >= 0.6 is 0 Å². The minimum Gasteiger partial charge on any atom is -0.497 e. The van der Waals surface area contributed by atoms with Gasteiger partial charge in [-0.3, -0.25) is 14.3 Å². The Balaban J connectivity index is 1.33. The molecular formula is C39H42FN3O6S. The van der Waals surface area contributed by atoms with E-state index in [1.807, 2.05) is 42.5 Å². The van der Waals surface area contributed by atoms with Crippen LogP contribution < -0.4 is 19.5 Å². The first kappa shape index (κ1) is 36.1. The van der Waals surface area contributed by atoms with Crippen molar-refractivity contribution in [2.45, 2.75) is 56.0 Å². The smallest absolute Gasteiger partial charge is 0.261 e. The van der Waals surface area contributed by atoms with Crippen molar-refractivity contribution in [2.24, 2.45) is 0 Å². The predicted octanol–water partition coefficient (Wildman–Crippen LogP) is 6.66. The highest BCUT2D eigenvalue weighted by atomic mass is 32.2. The highest BCUT2D eigenvalue weighted by Crippen LogP contribution is 2.22. The third kappa shape index (κ3) is 10.4. The molecule has 5 rings (SSSR count). The van der Waals surface area contributed by atoms with Crippen LogP contribution in [0, 0.1) is 5.82 Å². The maximum Gasteiger partial charge on any atom is 0.261 e. The lowest BCUT2D eigenvalue weighted by Crippen LogP contribution is -2.51. The van der Waals surface area contributed by atoms with Gasteiger partial charge in [0.1, 0.15) is 23.4 Å². The molecule has 0 spiro atoms. The van der Waals surface area contributed by atoms with Gasteiger partial charge in [0.2, 0.25) is 5.91 Å². The minimum absolute atomic E-state index is 0.0368. The summed E-state index contributed by atoms with van der Waals surface area (Å²) in [4.78, 5) is 29.4. The lowest BCUT2D eigenvalue weighted by atomic mass is 9.97. The SMILES string of the molecule is COc1ccc(CN(C(=O)COc2ccc(S(=O)(=O)Nc3ccc(F)cc3)cc2)[C@@H](Cc2ccccc2)C(=O)NCCC2=CCCCC2)cc1. The van der Waals surface area contributed by atoms with Crippen molar-refractivity contribution in [1.82, 2.24) is 10.2 Å². The molecule has 2 amide bonds. The Morgan fingerprint density at radius 2 is 1.56 bits per heavy atom. The average molecular weight is 700 g/mol. The molecule has 1 aliphatic rings. The fraction of sp³-hybridized carbons (Fsp3) is 0.282. The van der Waals surface area contributed by atoms with Gasteiger partial charge in [-0.15, -0.1) is 0 Å². The molecule has 0 radical (unpaired) electrons. The van der Waals surface area contributed by atoms with Crippen LogP contribution in [0.1, 0.15) is 43.2 Å². The van der Waals surface area contributed by atoms with E-state index in [0.717, 1.165) is 48.9 Å². The summed E-state index contributed by atoms with van der Waals surface area (Å²) in [7, 11) is -2.37. The van der Waals surface area contributed by atoms with E-state index in [9.17, 15) is 22.4 Å². The van der Waals surface area contributed by atoms with E-state index in [0.29, 0.717) is 18.7 Å². The van der Waals surface area contributed by atoms with E-state index in [2.05, 4.69) is 16.1 Å². The summed E-state index contributed by atoms with van der Waals surface area (Å²) in [5, 5.41) is 3.09. The van der Waals surface area contributed by atoms with Crippen molar-refractivity contribution in [3.63, 3.8) is 0 Å². The van der Waals surface area contributed by atoms with Crippen LogP contribution in [0.5, 0.6) is 11.5 Å². The summed E-state index contributed by atoms with van der Waals surface area (Å²) in [6, 6.07) is 26.6. The van der Waals surface area contributed by atoms with Crippen LogP contribution in [0.15, 0.2) is 120 Å². The zero-order valence-electron chi connectivity index (χ0n) is 28.0. The van der Waals surface area contributed by atoms with Gasteiger partial charge in [0.15, 0.2) is 6.61 Å². The van der Waals surface area contributed by atoms with E-state index >= 15 is 0 Å². The van der Waals surface area contributed by atoms with Gasteiger partial charge in [-0.25, -0.2) is 12.8 Å². The maximum absolute atomic E-state index is 14.0. The third-order valence-electron chi connectivity index (χ3n) is 8.51. The molecule has 1 aliphatic carbocycles. The van der Waals surface area contributed by atoms with Crippen LogP contribution in [-0.4, -0.2) is 51.4 Å². The average Bonchev–Trinajstić information content (AvgIpc) is 3.14. The minimum atomic E-state index is -3.95. The quantitative estimate of drug-likeness (QED) is 0.127. The first-order valence-corrected chi connectivity index (χ1v) is 18.1. The van der Waals surface area contributed by atoms with Gasteiger partial charge in [-0.1, -0.05) is 54.1 Å². The molecule has 4 aromatic carbocycles. The zero-order valence-corrected chi connectivity index (χ0v) is 28.8. The lowest BCUT2D eigenvalue weighted by Gasteiger charge is -2.31. The number of hydrogen-bond donors (Lipinski definition) is 2. The van der Waals surface area contributed by atoms with Crippen molar-refractivity contribution < 1.29 is 31.9 Å². The van der Waals surface area contributed by atoms with E-state index in [1.54, 1.807) is 19.2 Å². The Labute approximate surface area is 293 Å². The monoisotopic (exact) mass is 699 g/mol. The number of rotatable bonds is 16. The number of sulfonamides is 1. The molecule has 0 aromatic heterocycles. The third-order valence-corrected chi connectivity index (χ3v) is 9.90. The van der Waals surface area contributed by atoms with Gasteiger partial charge in [-0.2, -0.15) is 0 Å². The van der Waals surface area contributed by atoms with Gasteiger partial charge < -0.3 is 19.7 Å². The molecule has 0 aliphatic heterocycles. The highest BCUT2D eigenvalue weighted by Gasteiger charge is 2.31. The summed E-state index contributed by atoms with van der Waals surface area (Å²) in [5.74, 6) is -0.208. The summed E-state index contributed by atoms with van der Waals surface area (Å²) in [6.45, 7) is 0.234. The predicted molar refractivity (Wildman–Crippen MR) is 191 cm³/mol. The number of halogens is 1. The molecule has 0 fully saturated rings. The summed E-state index contributed by atoms with van der Waals surface area (Å²) in [6.07, 6.45) is 7.78. The van der Waals surface area contributed by atoms with Gasteiger partial charge in [0, 0.05) is 25.2 Å². The molecule has 0 heterocycles. The second-order valence-corrected chi connectivity index (χ2v) is 13.8. The molecule has 4 aromatic rings. The Bertz CT molecular complexity index is 1850. The van der Waals surface area contributed by atoms with Gasteiger partial charge in [0.05, 0.1) is 12.0 Å². The fourth-order valence-corrected chi connectivity index (χ4v) is 6.81. The Morgan fingerprint density at radius 1 is 0.860 bits per heavy atom. The van der Waals surface area contributed by atoms with Crippen molar-refractivity contribution >= 4 is 27.5 Å². The number of anilines is 1. The van der Waals surface area contributed by atoms with Crippen LogP contribution in [0.2, 0.25) is 0 Å². The topological polar surface area (TPSA) is 114 Å². The van der Waals surface area contributed by atoms with E-state index in [4.69, 9.17) is 9.47 Å². The van der Waals surface area contributed by atoms with Crippen LogP contribution in [0.3, 0.4) is 0 Å².